The van der Waals surface area contributed by atoms with Gasteiger partial charge in [-0.05, 0) is 16.7 Å². The Kier molecular flexibility index (Phi) is 10.0. The molecule has 2 amide bonds. The van der Waals surface area contributed by atoms with Gasteiger partial charge in [-0.3, -0.25) is 19.3 Å². The summed E-state index contributed by atoms with van der Waals surface area (Å²) in [4.78, 5) is 65.6. The number of methoxy groups -OCH3 is 3. The Bertz CT molecular complexity index is 1180. The first-order chi connectivity index (χ1) is 18.7. The number of ether oxygens (including phenoxy) is 4. The molecule has 3 atom stereocenters. The van der Waals surface area contributed by atoms with Crippen LogP contribution in [0.3, 0.4) is 0 Å². The summed E-state index contributed by atoms with van der Waals surface area (Å²) < 4.78 is 19.8. The normalized spacial score (nSPS) is 15.8. The monoisotopic (exact) mass is 540 g/mol. The Hall–Kier alpha value is -4.41. The van der Waals surface area contributed by atoms with E-state index < -0.39 is 53.8 Å². The second kappa shape index (κ2) is 13.4. The minimum atomic E-state index is -1.51. The molecular formula is C28H32N2O9. The van der Waals surface area contributed by atoms with Gasteiger partial charge in [0.1, 0.15) is 18.7 Å². The molecule has 0 spiro atoms. The number of hydrogen-bond acceptors (Lipinski definition) is 9. The maximum atomic E-state index is 13.6. The lowest BCUT2D eigenvalue weighted by Gasteiger charge is -2.36. The van der Waals surface area contributed by atoms with Crippen LogP contribution in [0.2, 0.25) is 0 Å². The van der Waals surface area contributed by atoms with Crippen molar-refractivity contribution in [2.24, 2.45) is 11.8 Å². The number of nitrogens with one attached hydrogen (secondary N) is 1. The molecule has 0 aromatic heterocycles. The van der Waals surface area contributed by atoms with Crippen LogP contribution in [0.25, 0.3) is 0 Å². The van der Waals surface area contributed by atoms with Crippen LogP contribution in [0, 0.1) is 11.8 Å². The lowest BCUT2D eigenvalue weighted by atomic mass is 9.86. The summed E-state index contributed by atoms with van der Waals surface area (Å²) in [7, 11) is 3.30. The standard InChI is InChI=1S/C28H32N2O9/c1-17(22(25(32)36-2)26(33)37-3)23(27(34)38-4)29-24(31)21-14-19-12-8-9-13-20(19)15-30(21)28(35)39-16-18-10-6-5-7-11-18/h5-13,17,21-23H,14-16H2,1-4H3,(H,29,31)/t17-,21-,23-/m0/s1. The van der Waals surface area contributed by atoms with Crippen molar-refractivity contribution < 1.29 is 42.9 Å². The van der Waals surface area contributed by atoms with E-state index >= 15 is 0 Å². The van der Waals surface area contributed by atoms with E-state index in [0.29, 0.717) is 0 Å². The van der Waals surface area contributed by atoms with E-state index in [-0.39, 0.29) is 19.6 Å². The topological polar surface area (TPSA) is 138 Å². The van der Waals surface area contributed by atoms with Gasteiger partial charge in [0, 0.05) is 12.3 Å². The largest absolute Gasteiger partial charge is 0.468 e. The number of hydrogen-bond donors (Lipinski definition) is 1. The van der Waals surface area contributed by atoms with Crippen molar-refractivity contribution in [2.75, 3.05) is 21.3 Å². The smallest absolute Gasteiger partial charge is 0.411 e. The minimum absolute atomic E-state index is 0.00785. The van der Waals surface area contributed by atoms with Crippen LogP contribution in [0.4, 0.5) is 4.79 Å². The van der Waals surface area contributed by atoms with E-state index in [1.54, 1.807) is 0 Å². The molecule has 208 valence electrons. The Morgan fingerprint density at radius 1 is 0.846 bits per heavy atom. The molecule has 11 heteroatoms. The lowest BCUT2D eigenvalue weighted by molar-refractivity contribution is -0.163. The fraction of sp³-hybridized carbons (Fsp3) is 0.393. The van der Waals surface area contributed by atoms with Crippen LogP contribution in [0.1, 0.15) is 23.6 Å². The molecule has 3 rings (SSSR count). The Morgan fingerprint density at radius 2 is 1.41 bits per heavy atom. The molecule has 0 fully saturated rings. The van der Waals surface area contributed by atoms with Crippen molar-refractivity contribution in [3.8, 4) is 0 Å². The molecule has 1 heterocycles. The number of nitrogens with zero attached hydrogens (tertiary/aromatic N) is 1. The fourth-order valence-corrected chi connectivity index (χ4v) is 4.50. The summed E-state index contributed by atoms with van der Waals surface area (Å²) in [6.45, 7) is 1.53. The molecule has 2 aromatic carbocycles. The van der Waals surface area contributed by atoms with E-state index in [9.17, 15) is 24.0 Å². The molecule has 0 radical (unpaired) electrons. The predicted molar refractivity (Wildman–Crippen MR) is 137 cm³/mol. The van der Waals surface area contributed by atoms with Crippen molar-refractivity contribution in [3.05, 3.63) is 71.3 Å². The number of rotatable bonds is 9. The van der Waals surface area contributed by atoms with E-state index in [1.807, 2.05) is 54.6 Å². The first-order valence-electron chi connectivity index (χ1n) is 12.3. The highest BCUT2D eigenvalue weighted by Crippen LogP contribution is 2.26. The molecule has 1 N–H and O–H groups in total. The van der Waals surface area contributed by atoms with Crippen LogP contribution in [-0.2, 0) is 57.7 Å². The number of carbonyl (C=O) groups excluding carboxylic acids is 5. The molecule has 0 bridgehead atoms. The summed E-state index contributed by atoms with van der Waals surface area (Å²) in [6, 6.07) is 14.0. The van der Waals surface area contributed by atoms with Gasteiger partial charge < -0.3 is 24.3 Å². The molecule has 0 unspecified atom stereocenters. The average molecular weight is 541 g/mol. The highest BCUT2D eigenvalue weighted by Gasteiger charge is 2.44. The Morgan fingerprint density at radius 3 is 2.00 bits per heavy atom. The van der Waals surface area contributed by atoms with Crippen molar-refractivity contribution >= 4 is 29.9 Å². The molecule has 11 nitrogen and oxygen atoms in total. The van der Waals surface area contributed by atoms with Gasteiger partial charge in [-0.25, -0.2) is 9.59 Å². The van der Waals surface area contributed by atoms with Crippen molar-refractivity contribution in [1.82, 2.24) is 10.2 Å². The molecule has 1 aliphatic heterocycles. The SMILES string of the molecule is COC(=O)C(C(=O)OC)[C@H](C)[C@H](NC(=O)[C@@H]1Cc2ccccc2CN1C(=O)OCc1ccccc1)C(=O)OC. The highest BCUT2D eigenvalue weighted by atomic mass is 16.6. The number of esters is 3. The summed E-state index contributed by atoms with van der Waals surface area (Å²) >= 11 is 0. The van der Waals surface area contributed by atoms with E-state index in [0.717, 1.165) is 38.0 Å². The van der Waals surface area contributed by atoms with Gasteiger partial charge in [-0.15, -0.1) is 0 Å². The number of amides is 2. The zero-order valence-corrected chi connectivity index (χ0v) is 22.2. The van der Waals surface area contributed by atoms with Crippen LogP contribution in [0.5, 0.6) is 0 Å². The van der Waals surface area contributed by atoms with E-state index in [4.69, 9.17) is 18.9 Å². The summed E-state index contributed by atoms with van der Waals surface area (Å²) in [5.74, 6) is -6.05. The molecule has 0 aliphatic carbocycles. The molecule has 1 aliphatic rings. The first kappa shape index (κ1) is 29.2. The Labute approximate surface area is 226 Å². The van der Waals surface area contributed by atoms with Crippen molar-refractivity contribution in [1.29, 1.82) is 0 Å². The zero-order valence-electron chi connectivity index (χ0n) is 22.2. The quantitative estimate of drug-likeness (QED) is 0.288. The minimum Gasteiger partial charge on any atom is -0.468 e. The molecule has 2 aromatic rings. The van der Waals surface area contributed by atoms with Gasteiger partial charge in [-0.1, -0.05) is 61.5 Å². The number of benzene rings is 2. The summed E-state index contributed by atoms with van der Waals surface area (Å²) in [6.07, 6.45) is -0.555. The maximum Gasteiger partial charge on any atom is 0.411 e. The van der Waals surface area contributed by atoms with Crippen molar-refractivity contribution in [3.63, 3.8) is 0 Å². The number of fused-ring (bicyclic) bond motifs is 1. The fourth-order valence-electron chi connectivity index (χ4n) is 4.50. The van der Waals surface area contributed by atoms with Crippen LogP contribution < -0.4 is 5.32 Å². The molecule has 0 saturated heterocycles. The third-order valence-electron chi connectivity index (χ3n) is 6.71. The molecular weight excluding hydrogens is 508 g/mol. The van der Waals surface area contributed by atoms with Crippen molar-refractivity contribution in [2.45, 2.75) is 38.6 Å². The van der Waals surface area contributed by atoms with E-state index in [1.165, 1.54) is 11.8 Å². The van der Waals surface area contributed by atoms with E-state index in [2.05, 4.69) is 5.32 Å². The molecule has 0 saturated carbocycles. The van der Waals surface area contributed by atoms with Gasteiger partial charge >= 0.3 is 24.0 Å². The second-order valence-electron chi connectivity index (χ2n) is 9.05. The van der Waals surface area contributed by atoms with Gasteiger partial charge in [0.15, 0.2) is 5.92 Å². The van der Waals surface area contributed by atoms with Gasteiger partial charge in [0.05, 0.1) is 27.9 Å². The number of carbonyl (C=O) groups is 5. The first-order valence-corrected chi connectivity index (χ1v) is 12.3. The van der Waals surface area contributed by atoms with Gasteiger partial charge in [0.25, 0.3) is 0 Å². The third kappa shape index (κ3) is 6.92. The van der Waals surface area contributed by atoms with Crippen LogP contribution in [-0.4, -0.2) is 68.2 Å². The van der Waals surface area contributed by atoms with Gasteiger partial charge in [-0.2, -0.15) is 0 Å². The summed E-state index contributed by atoms with van der Waals surface area (Å²) in [5, 5.41) is 2.59. The highest BCUT2D eigenvalue weighted by molar-refractivity contribution is 5.97. The second-order valence-corrected chi connectivity index (χ2v) is 9.05. The van der Waals surface area contributed by atoms with Gasteiger partial charge in [0.2, 0.25) is 5.91 Å². The Balaban J connectivity index is 1.87. The predicted octanol–water partition coefficient (Wildman–Crippen LogP) is 2.01. The maximum absolute atomic E-state index is 13.6. The third-order valence-corrected chi connectivity index (χ3v) is 6.71. The summed E-state index contributed by atoms with van der Waals surface area (Å²) in [5.41, 5.74) is 2.49. The van der Waals surface area contributed by atoms with Crippen LogP contribution >= 0.6 is 0 Å². The average Bonchev–Trinajstić information content (AvgIpc) is 2.97. The lowest BCUT2D eigenvalue weighted by Crippen LogP contribution is -2.58. The van der Waals surface area contributed by atoms with Crippen LogP contribution in [0.15, 0.2) is 54.6 Å². The zero-order chi connectivity index (χ0) is 28.5. The molecule has 39 heavy (non-hydrogen) atoms.